The fraction of sp³-hybridized carbons (Fsp3) is 0.0833. The zero-order valence-electron chi connectivity index (χ0n) is 9.65. The summed E-state index contributed by atoms with van der Waals surface area (Å²) in [5, 5.41) is 0. The lowest BCUT2D eigenvalue weighted by molar-refractivity contribution is 0.524. The molecule has 0 N–H and O–H groups in total. The maximum Gasteiger partial charge on any atom is 0.267 e. The Bertz CT molecular complexity index is 753. The Hall–Kier alpha value is -1.18. The number of fused-ring (bicyclic) bond motifs is 1. The van der Waals surface area contributed by atoms with Gasteiger partial charge < -0.3 is 0 Å². The van der Waals surface area contributed by atoms with Gasteiger partial charge in [0.05, 0.1) is 16.0 Å². The largest absolute Gasteiger partial charge is 0.267 e. The van der Waals surface area contributed by atoms with Crippen LogP contribution in [0.25, 0.3) is 0 Å². The number of sulfonamides is 1. The number of benzene rings is 1. The molecule has 98 valence electrons. The first-order chi connectivity index (χ1) is 9.07. The Morgan fingerprint density at radius 3 is 2.74 bits per heavy atom. The summed E-state index contributed by atoms with van der Waals surface area (Å²) in [5.41, 5.74) is 0.492. The van der Waals surface area contributed by atoms with Crippen molar-refractivity contribution >= 4 is 49.3 Å². The normalized spacial score (nSPS) is 16.4. The first kappa shape index (κ1) is 12.8. The van der Waals surface area contributed by atoms with Gasteiger partial charge in [-0.1, -0.05) is 12.1 Å². The third-order valence-electron chi connectivity index (χ3n) is 2.72. The van der Waals surface area contributed by atoms with Crippen molar-refractivity contribution in [2.45, 2.75) is 11.4 Å². The van der Waals surface area contributed by atoms with Gasteiger partial charge in [-0.25, -0.2) is 13.4 Å². The highest BCUT2D eigenvalue weighted by Gasteiger charge is 2.28. The molecule has 1 aromatic carbocycles. The molecule has 1 aliphatic heterocycles. The highest BCUT2D eigenvalue weighted by molar-refractivity contribution is 9.11. The molecular weight excluding hydrogens is 348 g/mol. The van der Waals surface area contributed by atoms with Crippen molar-refractivity contribution in [1.82, 2.24) is 4.31 Å². The molecule has 2 heterocycles. The molecule has 3 rings (SSSR count). The van der Waals surface area contributed by atoms with E-state index < -0.39 is 10.0 Å². The van der Waals surface area contributed by atoms with Crippen molar-refractivity contribution in [2.75, 3.05) is 0 Å². The average molecular weight is 357 g/mol. The van der Waals surface area contributed by atoms with Crippen molar-refractivity contribution in [3.63, 3.8) is 0 Å². The van der Waals surface area contributed by atoms with E-state index in [2.05, 4.69) is 20.9 Å². The summed E-state index contributed by atoms with van der Waals surface area (Å²) >= 11 is 4.88. The van der Waals surface area contributed by atoms with Crippen LogP contribution >= 0.6 is 27.3 Å². The molecule has 1 aromatic heterocycles. The van der Waals surface area contributed by atoms with E-state index in [1.54, 1.807) is 24.3 Å². The van der Waals surface area contributed by atoms with Gasteiger partial charge in [0.1, 0.15) is 11.2 Å². The first-order valence-electron chi connectivity index (χ1n) is 5.47. The van der Waals surface area contributed by atoms with E-state index in [-0.39, 0.29) is 4.90 Å². The van der Waals surface area contributed by atoms with Crippen LogP contribution in [0, 0.1) is 0 Å². The summed E-state index contributed by atoms with van der Waals surface area (Å²) in [6, 6.07) is 10.6. The molecule has 0 radical (unpaired) electrons. The summed E-state index contributed by atoms with van der Waals surface area (Å²) < 4.78 is 27.1. The second-order valence-electron chi connectivity index (χ2n) is 3.97. The Kier molecular flexibility index (Phi) is 3.20. The van der Waals surface area contributed by atoms with Crippen LogP contribution < -0.4 is 0 Å². The first-order valence-corrected chi connectivity index (χ1v) is 8.51. The number of halogens is 1. The van der Waals surface area contributed by atoms with Crippen molar-refractivity contribution in [3.8, 4) is 0 Å². The highest BCUT2D eigenvalue weighted by Crippen LogP contribution is 2.32. The van der Waals surface area contributed by atoms with Gasteiger partial charge in [-0.3, -0.25) is 4.31 Å². The van der Waals surface area contributed by atoms with E-state index >= 15 is 0 Å². The number of para-hydroxylation sites is 1. The van der Waals surface area contributed by atoms with Crippen LogP contribution in [-0.4, -0.2) is 19.1 Å². The number of hydrogen-bond acceptors (Lipinski definition) is 4. The summed E-state index contributed by atoms with van der Waals surface area (Å²) in [5.74, 6) is 0. The molecule has 2 aromatic rings. The second kappa shape index (κ2) is 4.73. The average Bonchev–Trinajstić information content (AvgIpc) is 2.79. The minimum Gasteiger partial charge on any atom is -0.251 e. The van der Waals surface area contributed by atoms with Gasteiger partial charge in [-0.2, -0.15) is 0 Å². The second-order valence-corrected chi connectivity index (χ2v) is 8.37. The van der Waals surface area contributed by atoms with Gasteiger partial charge in [0.15, 0.2) is 0 Å². The van der Waals surface area contributed by atoms with Crippen LogP contribution in [0.4, 0.5) is 5.69 Å². The van der Waals surface area contributed by atoms with Gasteiger partial charge in [-0.15, -0.1) is 11.3 Å². The molecule has 7 heteroatoms. The van der Waals surface area contributed by atoms with Crippen LogP contribution in [-0.2, 0) is 16.6 Å². The number of thiophene rings is 1. The molecule has 0 aliphatic carbocycles. The molecular formula is C12H9BrN2O2S2. The van der Waals surface area contributed by atoms with Crippen LogP contribution in [0.3, 0.4) is 0 Å². The molecule has 19 heavy (non-hydrogen) atoms. The monoisotopic (exact) mass is 356 g/mol. The van der Waals surface area contributed by atoms with E-state index in [4.69, 9.17) is 0 Å². The number of hydrogen-bond donors (Lipinski definition) is 0. The maximum absolute atomic E-state index is 12.4. The molecule has 4 nitrogen and oxygen atoms in total. The number of rotatable bonds is 2. The Labute approximate surface area is 123 Å². The standard InChI is InChI=1S/C12H9BrN2O2S2/c13-12-6-5-9(18-12)7-15-8-14-10-3-1-2-4-11(10)19(15,16)17/h1-6,8H,7H2. The Balaban J connectivity index is 1.98. The molecule has 0 fully saturated rings. The van der Waals surface area contributed by atoms with Crippen molar-refractivity contribution in [3.05, 3.63) is 45.1 Å². The third kappa shape index (κ3) is 2.33. The van der Waals surface area contributed by atoms with Crippen molar-refractivity contribution in [2.24, 2.45) is 4.99 Å². The maximum atomic E-state index is 12.4. The Morgan fingerprint density at radius 1 is 1.21 bits per heavy atom. The summed E-state index contributed by atoms with van der Waals surface area (Å²) in [6.07, 6.45) is 1.38. The molecule has 0 saturated heterocycles. The van der Waals surface area contributed by atoms with E-state index in [0.717, 1.165) is 8.66 Å². The van der Waals surface area contributed by atoms with E-state index in [9.17, 15) is 8.42 Å². The summed E-state index contributed by atoms with van der Waals surface area (Å²) in [7, 11) is -3.50. The lowest BCUT2D eigenvalue weighted by atomic mass is 10.3. The van der Waals surface area contributed by atoms with Crippen LogP contribution in [0.5, 0.6) is 0 Å². The minimum atomic E-state index is -3.50. The van der Waals surface area contributed by atoms with Gasteiger partial charge in [-0.05, 0) is 40.2 Å². The zero-order valence-corrected chi connectivity index (χ0v) is 12.9. The van der Waals surface area contributed by atoms with E-state index in [1.165, 1.54) is 22.0 Å². The SMILES string of the molecule is O=S1(=O)c2ccccc2N=CN1Cc1ccc(Br)s1. The number of aliphatic imine (C=N–C) groups is 1. The predicted octanol–water partition coefficient (Wildman–Crippen LogP) is 3.37. The molecule has 0 atom stereocenters. The van der Waals surface area contributed by atoms with Gasteiger partial charge >= 0.3 is 0 Å². The predicted molar refractivity (Wildman–Crippen MR) is 79.3 cm³/mol. The zero-order chi connectivity index (χ0) is 13.5. The van der Waals surface area contributed by atoms with Gasteiger partial charge in [0.25, 0.3) is 10.0 Å². The quantitative estimate of drug-likeness (QED) is 0.827. The van der Waals surface area contributed by atoms with Crippen LogP contribution in [0.15, 0.2) is 50.1 Å². The van der Waals surface area contributed by atoms with Crippen molar-refractivity contribution in [1.29, 1.82) is 0 Å². The molecule has 0 bridgehead atoms. The topological polar surface area (TPSA) is 49.7 Å². The minimum absolute atomic E-state index is 0.258. The van der Waals surface area contributed by atoms with Crippen LogP contribution in [0.2, 0.25) is 0 Å². The van der Waals surface area contributed by atoms with Crippen molar-refractivity contribution < 1.29 is 8.42 Å². The van der Waals surface area contributed by atoms with Gasteiger partial charge in [0.2, 0.25) is 0 Å². The van der Waals surface area contributed by atoms with E-state index in [0.29, 0.717) is 12.2 Å². The lowest BCUT2D eigenvalue weighted by Crippen LogP contribution is -2.31. The fourth-order valence-corrected chi connectivity index (χ4v) is 4.75. The molecule has 0 saturated carbocycles. The summed E-state index contributed by atoms with van der Waals surface area (Å²) in [4.78, 5) is 5.40. The molecule has 1 aliphatic rings. The fourth-order valence-electron chi connectivity index (χ4n) is 1.81. The molecule has 0 spiro atoms. The molecule has 0 amide bonds. The highest BCUT2D eigenvalue weighted by atomic mass is 79.9. The Morgan fingerprint density at radius 2 is 2.00 bits per heavy atom. The third-order valence-corrected chi connectivity index (χ3v) is 6.07. The number of nitrogens with zero attached hydrogens (tertiary/aromatic N) is 2. The van der Waals surface area contributed by atoms with E-state index in [1.807, 2.05) is 12.1 Å². The smallest absolute Gasteiger partial charge is 0.251 e. The lowest BCUT2D eigenvalue weighted by Gasteiger charge is -2.23. The van der Waals surface area contributed by atoms with Crippen LogP contribution in [0.1, 0.15) is 4.88 Å². The summed E-state index contributed by atoms with van der Waals surface area (Å²) in [6.45, 7) is 0.302. The van der Waals surface area contributed by atoms with Gasteiger partial charge in [0, 0.05) is 4.88 Å². The molecule has 0 unspecified atom stereocenters.